The molecule has 1 amide bonds. The topological polar surface area (TPSA) is 101 Å². The summed E-state index contributed by atoms with van der Waals surface area (Å²) in [5, 5.41) is 15.6. The molecule has 0 fully saturated rings. The number of carbonyl (C=O) groups excluding carboxylic acids is 1. The van der Waals surface area contributed by atoms with Crippen LogP contribution in [0.25, 0.3) is 32.8 Å². The number of ether oxygens (including phenoxy) is 2. The molecule has 5 aromatic carbocycles. The summed E-state index contributed by atoms with van der Waals surface area (Å²) in [6.07, 6.45) is 1.55. The minimum Gasteiger partial charge on any atom is -0.493 e. The summed E-state index contributed by atoms with van der Waals surface area (Å²) >= 11 is 0. The van der Waals surface area contributed by atoms with Crippen molar-refractivity contribution in [2.24, 2.45) is 0 Å². The molecule has 232 valence electrons. The normalized spacial score (nSPS) is 11.1. The smallest absolute Gasteiger partial charge is 0.493 e. The quantitative estimate of drug-likeness (QED) is 0.0948. The van der Waals surface area contributed by atoms with Gasteiger partial charge in [0.05, 0.1) is 12.1 Å². The molecule has 1 heterocycles. The summed E-state index contributed by atoms with van der Waals surface area (Å²) in [6, 6.07) is 35.9. The fourth-order valence-electron chi connectivity index (χ4n) is 5.94. The van der Waals surface area contributed by atoms with Gasteiger partial charge in [0.25, 0.3) is 5.91 Å². The van der Waals surface area contributed by atoms with E-state index in [1.54, 1.807) is 0 Å². The van der Waals surface area contributed by atoms with Gasteiger partial charge in [-0.3, -0.25) is 4.79 Å². The van der Waals surface area contributed by atoms with Gasteiger partial charge in [-0.25, -0.2) is 4.79 Å². The van der Waals surface area contributed by atoms with E-state index >= 15 is 0 Å². The molecule has 7 heteroatoms. The van der Waals surface area contributed by atoms with Gasteiger partial charge in [0.15, 0.2) is 0 Å². The average molecular weight is 613 g/mol. The Labute approximate surface area is 267 Å². The van der Waals surface area contributed by atoms with E-state index in [4.69, 9.17) is 9.47 Å². The van der Waals surface area contributed by atoms with Crippen LogP contribution >= 0.6 is 0 Å². The number of aromatic amines is 1. The van der Waals surface area contributed by atoms with E-state index in [-0.39, 0.29) is 11.8 Å². The third-order valence-electron chi connectivity index (χ3n) is 8.23. The number of fused-ring (bicyclic) bond motifs is 2. The number of para-hydroxylation sites is 1. The van der Waals surface area contributed by atoms with Gasteiger partial charge in [0.1, 0.15) is 5.75 Å². The molecule has 6 rings (SSSR count). The van der Waals surface area contributed by atoms with Crippen molar-refractivity contribution in [3.63, 3.8) is 0 Å². The van der Waals surface area contributed by atoms with E-state index in [9.17, 15) is 14.7 Å². The summed E-state index contributed by atoms with van der Waals surface area (Å²) in [5.74, 6) is 0.886. The lowest BCUT2D eigenvalue weighted by molar-refractivity contribution is 0.0953. The van der Waals surface area contributed by atoms with Crippen molar-refractivity contribution in [3.05, 3.63) is 131 Å². The first-order valence-corrected chi connectivity index (χ1v) is 15.6. The van der Waals surface area contributed by atoms with Crippen LogP contribution < -0.4 is 14.8 Å². The van der Waals surface area contributed by atoms with E-state index in [1.807, 2.05) is 91.9 Å². The van der Waals surface area contributed by atoms with Gasteiger partial charge in [-0.15, -0.1) is 0 Å². The molecular formula is C39H36N2O5. The van der Waals surface area contributed by atoms with Crippen molar-refractivity contribution in [1.82, 2.24) is 10.3 Å². The van der Waals surface area contributed by atoms with Crippen molar-refractivity contribution in [1.29, 1.82) is 0 Å². The Morgan fingerprint density at radius 3 is 2.39 bits per heavy atom. The molecule has 0 aliphatic heterocycles. The highest BCUT2D eigenvalue weighted by Gasteiger charge is 2.19. The number of carbonyl (C=O) groups is 2. The van der Waals surface area contributed by atoms with E-state index in [0.717, 1.165) is 62.5 Å². The number of carboxylic acid groups (broad SMARTS) is 1. The second kappa shape index (κ2) is 14.0. The largest absolute Gasteiger partial charge is 0.512 e. The third-order valence-corrected chi connectivity index (χ3v) is 8.23. The van der Waals surface area contributed by atoms with Crippen LogP contribution in [0.15, 0.2) is 109 Å². The van der Waals surface area contributed by atoms with Crippen LogP contribution in [0.5, 0.6) is 11.6 Å². The average Bonchev–Trinajstić information content (AvgIpc) is 3.42. The number of rotatable bonds is 12. The van der Waals surface area contributed by atoms with Gasteiger partial charge in [0.2, 0.25) is 5.88 Å². The lowest BCUT2D eigenvalue weighted by atomic mass is 9.95. The van der Waals surface area contributed by atoms with Crippen LogP contribution in [0.1, 0.15) is 39.9 Å². The van der Waals surface area contributed by atoms with E-state index in [0.29, 0.717) is 31.6 Å². The molecule has 1 aromatic heterocycles. The van der Waals surface area contributed by atoms with Crippen molar-refractivity contribution in [2.45, 2.75) is 32.6 Å². The summed E-state index contributed by atoms with van der Waals surface area (Å²) in [5.41, 5.74) is 6.08. The number of nitrogens with one attached hydrogen (secondary N) is 2. The summed E-state index contributed by atoms with van der Waals surface area (Å²) in [4.78, 5) is 28.0. The number of benzene rings is 5. The van der Waals surface area contributed by atoms with Crippen molar-refractivity contribution in [3.8, 4) is 22.8 Å². The molecule has 0 spiro atoms. The van der Waals surface area contributed by atoms with Gasteiger partial charge >= 0.3 is 6.16 Å². The number of H-pyrrole nitrogens is 1. The molecule has 7 nitrogen and oxygen atoms in total. The summed E-state index contributed by atoms with van der Waals surface area (Å²) in [6.45, 7) is 3.03. The molecule has 6 aromatic rings. The Bertz CT molecular complexity index is 1990. The molecule has 0 bridgehead atoms. The third kappa shape index (κ3) is 6.89. The maximum absolute atomic E-state index is 13.1. The minimum absolute atomic E-state index is 0.130. The highest BCUT2D eigenvalue weighted by atomic mass is 16.7. The predicted octanol–water partition coefficient (Wildman–Crippen LogP) is 8.73. The van der Waals surface area contributed by atoms with Crippen LogP contribution in [0.4, 0.5) is 4.79 Å². The lowest BCUT2D eigenvalue weighted by Gasteiger charge is -2.11. The van der Waals surface area contributed by atoms with E-state index in [2.05, 4.69) is 34.6 Å². The Kier molecular flexibility index (Phi) is 9.29. The molecule has 0 radical (unpaired) electrons. The number of hydrogen-bond acceptors (Lipinski definition) is 4. The fourth-order valence-corrected chi connectivity index (χ4v) is 5.94. The number of hydrogen-bond donors (Lipinski definition) is 3. The molecule has 0 saturated carbocycles. The monoisotopic (exact) mass is 612 g/mol. The molecule has 3 N–H and O–H groups in total. The van der Waals surface area contributed by atoms with Gasteiger partial charge in [-0.1, -0.05) is 91.0 Å². The number of aryl methyl sites for hydroxylation is 3. The SMILES string of the molecule is Cc1ccc(C(=O)NCCCc2ccccc2)cc1-c1cccc2c(CCCOc3cccc4ccccc34)c(OC(=O)O)[nH]c12. The second-order valence-electron chi connectivity index (χ2n) is 11.3. The van der Waals surface area contributed by atoms with Gasteiger partial charge in [-0.2, -0.15) is 0 Å². The van der Waals surface area contributed by atoms with Crippen LogP contribution in [0.3, 0.4) is 0 Å². The van der Waals surface area contributed by atoms with E-state index < -0.39 is 6.16 Å². The predicted molar refractivity (Wildman–Crippen MR) is 182 cm³/mol. The standard InChI is InChI=1S/C39H36N2O5/c1-26-21-22-29(37(42)40-23-9-13-27-11-3-2-4-12-27)25-34(26)32-18-8-17-31-33(38(41-36(31)32)46-39(43)44)19-10-24-45-35-20-7-15-28-14-5-6-16-30(28)35/h2-8,11-12,14-18,20-22,25,41H,9-10,13,19,23-24H2,1H3,(H,40,42)(H,43,44). The van der Waals surface area contributed by atoms with Crippen LogP contribution in [-0.4, -0.2) is 35.3 Å². The molecule has 0 aliphatic rings. The Hall–Kier alpha value is -5.56. The molecule has 0 aliphatic carbocycles. The number of amides is 1. The molecule has 46 heavy (non-hydrogen) atoms. The fraction of sp³-hybridized carbons (Fsp3) is 0.179. The van der Waals surface area contributed by atoms with Gasteiger partial charge < -0.3 is 24.9 Å². The first kappa shape index (κ1) is 30.5. The molecule has 0 unspecified atom stereocenters. The highest BCUT2D eigenvalue weighted by Crippen LogP contribution is 2.37. The van der Waals surface area contributed by atoms with Gasteiger partial charge in [0, 0.05) is 34.0 Å². The molecule has 0 atom stereocenters. The van der Waals surface area contributed by atoms with Crippen molar-refractivity contribution >= 4 is 33.7 Å². The molecule has 0 saturated heterocycles. The van der Waals surface area contributed by atoms with Crippen LogP contribution in [0, 0.1) is 6.92 Å². The zero-order valence-corrected chi connectivity index (χ0v) is 25.7. The minimum atomic E-state index is -1.39. The first-order chi connectivity index (χ1) is 22.5. The zero-order chi connectivity index (χ0) is 31.9. The maximum atomic E-state index is 13.1. The first-order valence-electron chi connectivity index (χ1n) is 15.6. The van der Waals surface area contributed by atoms with Crippen LogP contribution in [0.2, 0.25) is 0 Å². The zero-order valence-electron chi connectivity index (χ0n) is 25.7. The number of aromatic nitrogens is 1. The Morgan fingerprint density at radius 1 is 0.783 bits per heavy atom. The van der Waals surface area contributed by atoms with Crippen LogP contribution in [-0.2, 0) is 12.8 Å². The summed E-state index contributed by atoms with van der Waals surface area (Å²) < 4.78 is 11.4. The summed E-state index contributed by atoms with van der Waals surface area (Å²) in [7, 11) is 0. The Balaban J connectivity index is 1.20. The van der Waals surface area contributed by atoms with Crippen molar-refractivity contribution < 1.29 is 24.2 Å². The second-order valence-corrected chi connectivity index (χ2v) is 11.3. The van der Waals surface area contributed by atoms with Crippen molar-refractivity contribution in [2.75, 3.05) is 13.2 Å². The Morgan fingerprint density at radius 2 is 1.54 bits per heavy atom. The lowest BCUT2D eigenvalue weighted by Crippen LogP contribution is -2.24. The van der Waals surface area contributed by atoms with Gasteiger partial charge in [-0.05, 0) is 72.9 Å². The van der Waals surface area contributed by atoms with E-state index in [1.165, 1.54) is 5.56 Å². The maximum Gasteiger partial charge on any atom is 0.512 e. The molecular weight excluding hydrogens is 576 g/mol. The highest BCUT2D eigenvalue weighted by molar-refractivity contribution is 6.01.